The SMILES string of the molecule is COc1ccc(OC)c(NCc2c(Cl)c(C)nn2C)c1. The summed E-state index contributed by atoms with van der Waals surface area (Å²) in [6.45, 7) is 2.44. The summed E-state index contributed by atoms with van der Waals surface area (Å²) in [4.78, 5) is 0. The topological polar surface area (TPSA) is 48.3 Å². The first kappa shape index (κ1) is 14.5. The van der Waals surface area contributed by atoms with Gasteiger partial charge in [0.05, 0.1) is 42.9 Å². The van der Waals surface area contributed by atoms with E-state index in [0.717, 1.165) is 28.6 Å². The maximum absolute atomic E-state index is 6.23. The molecule has 6 heteroatoms. The van der Waals surface area contributed by atoms with E-state index in [1.54, 1.807) is 18.9 Å². The van der Waals surface area contributed by atoms with Gasteiger partial charge in [0, 0.05) is 13.1 Å². The summed E-state index contributed by atoms with van der Waals surface area (Å²) in [5.74, 6) is 1.52. The number of halogens is 1. The molecule has 108 valence electrons. The molecule has 0 fully saturated rings. The normalized spacial score (nSPS) is 10.4. The van der Waals surface area contributed by atoms with E-state index in [9.17, 15) is 0 Å². The minimum absolute atomic E-state index is 0.555. The molecule has 0 saturated heterocycles. The standard InChI is InChI=1S/C14H18ClN3O2/c1-9-14(15)12(18(2)17-9)8-16-11-7-10(19-3)5-6-13(11)20-4/h5-7,16H,8H2,1-4H3. The Hall–Kier alpha value is -1.88. The summed E-state index contributed by atoms with van der Waals surface area (Å²) >= 11 is 6.23. The van der Waals surface area contributed by atoms with E-state index < -0.39 is 0 Å². The zero-order valence-electron chi connectivity index (χ0n) is 12.0. The third-order valence-electron chi connectivity index (χ3n) is 3.11. The lowest BCUT2D eigenvalue weighted by atomic mass is 10.2. The van der Waals surface area contributed by atoms with Crippen LogP contribution in [0, 0.1) is 6.92 Å². The average Bonchev–Trinajstić information content (AvgIpc) is 2.70. The second-order valence-electron chi connectivity index (χ2n) is 4.39. The fraction of sp³-hybridized carbons (Fsp3) is 0.357. The van der Waals surface area contributed by atoms with Crippen LogP contribution in [0.2, 0.25) is 5.02 Å². The predicted octanol–water partition coefficient (Wildman–Crippen LogP) is 3.01. The molecule has 5 nitrogen and oxygen atoms in total. The van der Waals surface area contributed by atoms with Crippen LogP contribution in [0.1, 0.15) is 11.4 Å². The molecule has 1 heterocycles. The van der Waals surface area contributed by atoms with Gasteiger partial charge in [0.15, 0.2) is 0 Å². The molecule has 0 radical (unpaired) electrons. The van der Waals surface area contributed by atoms with Gasteiger partial charge in [-0.3, -0.25) is 4.68 Å². The molecule has 1 N–H and O–H groups in total. The number of nitrogens with zero attached hydrogens (tertiary/aromatic N) is 2. The van der Waals surface area contributed by atoms with Crippen molar-refractivity contribution in [3.63, 3.8) is 0 Å². The van der Waals surface area contributed by atoms with E-state index in [0.29, 0.717) is 11.6 Å². The number of aromatic nitrogens is 2. The van der Waals surface area contributed by atoms with Gasteiger partial charge < -0.3 is 14.8 Å². The van der Waals surface area contributed by atoms with Gasteiger partial charge in [-0.2, -0.15) is 5.10 Å². The van der Waals surface area contributed by atoms with Crippen molar-refractivity contribution in [3.8, 4) is 11.5 Å². The van der Waals surface area contributed by atoms with Crippen LogP contribution in [0.15, 0.2) is 18.2 Å². The van der Waals surface area contributed by atoms with Crippen LogP contribution >= 0.6 is 11.6 Å². The zero-order chi connectivity index (χ0) is 14.7. The van der Waals surface area contributed by atoms with Crippen LogP contribution in [0.4, 0.5) is 5.69 Å². The zero-order valence-corrected chi connectivity index (χ0v) is 12.8. The lowest BCUT2D eigenvalue weighted by molar-refractivity contribution is 0.404. The Balaban J connectivity index is 2.21. The van der Waals surface area contributed by atoms with Gasteiger partial charge in [0.1, 0.15) is 11.5 Å². The first-order valence-corrected chi connectivity index (χ1v) is 6.58. The molecule has 0 aliphatic carbocycles. The highest BCUT2D eigenvalue weighted by Gasteiger charge is 2.12. The van der Waals surface area contributed by atoms with Crippen molar-refractivity contribution in [2.75, 3.05) is 19.5 Å². The molecule has 0 bridgehead atoms. The molecule has 0 saturated carbocycles. The molecule has 0 spiro atoms. The number of hydrogen-bond acceptors (Lipinski definition) is 4. The number of methoxy groups -OCH3 is 2. The minimum atomic E-state index is 0.555. The molecule has 0 aliphatic heterocycles. The number of rotatable bonds is 5. The van der Waals surface area contributed by atoms with E-state index in [1.807, 2.05) is 32.2 Å². The Morgan fingerprint density at radius 1 is 1.30 bits per heavy atom. The lowest BCUT2D eigenvalue weighted by Gasteiger charge is -2.13. The van der Waals surface area contributed by atoms with Gasteiger partial charge in [0.25, 0.3) is 0 Å². The first-order chi connectivity index (χ1) is 9.56. The van der Waals surface area contributed by atoms with E-state index in [-0.39, 0.29) is 0 Å². The Labute approximate surface area is 123 Å². The molecular formula is C14H18ClN3O2. The summed E-state index contributed by atoms with van der Waals surface area (Å²) in [5, 5.41) is 8.27. The molecule has 0 aliphatic rings. The molecule has 1 aromatic heterocycles. The van der Waals surface area contributed by atoms with Crippen LogP contribution in [0.5, 0.6) is 11.5 Å². The van der Waals surface area contributed by atoms with E-state index in [4.69, 9.17) is 21.1 Å². The van der Waals surface area contributed by atoms with E-state index in [2.05, 4.69) is 10.4 Å². The van der Waals surface area contributed by atoms with E-state index >= 15 is 0 Å². The highest BCUT2D eigenvalue weighted by molar-refractivity contribution is 6.31. The number of anilines is 1. The highest BCUT2D eigenvalue weighted by Crippen LogP contribution is 2.30. The van der Waals surface area contributed by atoms with Crippen molar-refractivity contribution in [2.24, 2.45) is 7.05 Å². The fourth-order valence-corrected chi connectivity index (χ4v) is 2.23. The summed E-state index contributed by atoms with van der Waals surface area (Å²) in [5.41, 5.74) is 2.60. The smallest absolute Gasteiger partial charge is 0.142 e. The largest absolute Gasteiger partial charge is 0.497 e. The third kappa shape index (κ3) is 2.82. The number of nitrogens with one attached hydrogen (secondary N) is 1. The van der Waals surface area contributed by atoms with Gasteiger partial charge in [-0.1, -0.05) is 11.6 Å². The summed E-state index contributed by atoms with van der Waals surface area (Å²) < 4.78 is 12.3. The average molecular weight is 296 g/mol. The summed E-state index contributed by atoms with van der Waals surface area (Å²) in [7, 11) is 5.14. The summed E-state index contributed by atoms with van der Waals surface area (Å²) in [6, 6.07) is 5.60. The fourth-order valence-electron chi connectivity index (χ4n) is 2.00. The van der Waals surface area contributed by atoms with E-state index in [1.165, 1.54) is 0 Å². The Kier molecular flexibility index (Phi) is 4.39. The van der Waals surface area contributed by atoms with Crippen molar-refractivity contribution in [1.82, 2.24) is 9.78 Å². The molecule has 20 heavy (non-hydrogen) atoms. The van der Waals surface area contributed by atoms with Gasteiger partial charge in [0.2, 0.25) is 0 Å². The molecule has 0 amide bonds. The maximum atomic E-state index is 6.23. The van der Waals surface area contributed by atoms with Crippen molar-refractivity contribution in [3.05, 3.63) is 34.6 Å². The number of hydrogen-bond donors (Lipinski definition) is 1. The van der Waals surface area contributed by atoms with Crippen LogP contribution in [-0.4, -0.2) is 24.0 Å². The van der Waals surface area contributed by atoms with Crippen LogP contribution in [0.25, 0.3) is 0 Å². The molecule has 1 aromatic carbocycles. The quantitative estimate of drug-likeness (QED) is 0.921. The monoisotopic (exact) mass is 295 g/mol. The van der Waals surface area contributed by atoms with Crippen molar-refractivity contribution < 1.29 is 9.47 Å². The molecule has 2 rings (SSSR count). The second kappa shape index (κ2) is 6.05. The Bertz CT molecular complexity index is 611. The molecular weight excluding hydrogens is 278 g/mol. The van der Waals surface area contributed by atoms with Crippen molar-refractivity contribution in [2.45, 2.75) is 13.5 Å². The van der Waals surface area contributed by atoms with Gasteiger partial charge in [-0.25, -0.2) is 0 Å². The Morgan fingerprint density at radius 3 is 2.60 bits per heavy atom. The highest BCUT2D eigenvalue weighted by atomic mass is 35.5. The molecule has 2 aromatic rings. The van der Waals surface area contributed by atoms with Gasteiger partial charge in [-0.05, 0) is 19.1 Å². The molecule has 0 unspecified atom stereocenters. The Morgan fingerprint density at radius 2 is 2.05 bits per heavy atom. The van der Waals surface area contributed by atoms with Gasteiger partial charge in [-0.15, -0.1) is 0 Å². The van der Waals surface area contributed by atoms with Crippen LogP contribution < -0.4 is 14.8 Å². The minimum Gasteiger partial charge on any atom is -0.497 e. The van der Waals surface area contributed by atoms with Crippen molar-refractivity contribution >= 4 is 17.3 Å². The van der Waals surface area contributed by atoms with Crippen LogP contribution in [-0.2, 0) is 13.6 Å². The van der Waals surface area contributed by atoms with Crippen LogP contribution in [0.3, 0.4) is 0 Å². The molecule has 0 atom stereocenters. The first-order valence-electron chi connectivity index (χ1n) is 6.20. The van der Waals surface area contributed by atoms with Gasteiger partial charge >= 0.3 is 0 Å². The maximum Gasteiger partial charge on any atom is 0.142 e. The number of ether oxygens (including phenoxy) is 2. The van der Waals surface area contributed by atoms with Crippen molar-refractivity contribution in [1.29, 1.82) is 0 Å². The predicted molar refractivity (Wildman–Crippen MR) is 79.8 cm³/mol. The second-order valence-corrected chi connectivity index (χ2v) is 4.77. The number of aryl methyl sites for hydroxylation is 2. The number of benzene rings is 1. The summed E-state index contributed by atoms with van der Waals surface area (Å²) in [6.07, 6.45) is 0. The lowest BCUT2D eigenvalue weighted by Crippen LogP contribution is -2.07. The third-order valence-corrected chi connectivity index (χ3v) is 3.61.